The van der Waals surface area contributed by atoms with E-state index in [0.29, 0.717) is 16.9 Å². The number of methoxy groups -OCH3 is 3. The van der Waals surface area contributed by atoms with Crippen LogP contribution in [-0.2, 0) is 19.0 Å². The van der Waals surface area contributed by atoms with Crippen LogP contribution in [0.25, 0.3) is 10.8 Å². The molecule has 0 amide bonds. The van der Waals surface area contributed by atoms with Crippen LogP contribution in [0, 0.1) is 0 Å². The lowest BCUT2D eigenvalue weighted by atomic mass is 10.1. The molecule has 0 fully saturated rings. The first-order valence-corrected chi connectivity index (χ1v) is 10.7. The molecule has 8 heteroatoms. The van der Waals surface area contributed by atoms with Gasteiger partial charge in [0, 0.05) is 33.1 Å². The van der Waals surface area contributed by atoms with Crippen LogP contribution in [0.4, 0.5) is 0 Å². The lowest BCUT2D eigenvalue weighted by Gasteiger charge is -2.23. The van der Waals surface area contributed by atoms with Gasteiger partial charge in [0.1, 0.15) is 5.75 Å². The molecule has 0 aliphatic heterocycles. The minimum Gasteiger partial charge on any atom is -0.465 e. The number of hydrogen-bond donors (Lipinski definition) is 0. The Morgan fingerprint density at radius 3 is 2.09 bits per heavy atom. The third-order valence-electron chi connectivity index (χ3n) is 4.81. The predicted octanol–water partition coefficient (Wildman–Crippen LogP) is 5.05. The van der Waals surface area contributed by atoms with Crippen LogP contribution in [0.3, 0.4) is 0 Å². The van der Waals surface area contributed by atoms with Crippen molar-refractivity contribution < 1.29 is 38.0 Å². The molecule has 0 aromatic heterocycles. The molecule has 8 nitrogen and oxygen atoms in total. The summed E-state index contributed by atoms with van der Waals surface area (Å²) >= 11 is 0. The van der Waals surface area contributed by atoms with Gasteiger partial charge in [0.05, 0.1) is 0 Å². The van der Waals surface area contributed by atoms with Crippen molar-refractivity contribution in [2.24, 2.45) is 0 Å². The zero-order valence-corrected chi connectivity index (χ0v) is 19.9. The zero-order valence-electron chi connectivity index (χ0n) is 19.9. The Labute approximate surface area is 189 Å². The van der Waals surface area contributed by atoms with Crippen LogP contribution in [0.15, 0.2) is 24.3 Å². The van der Waals surface area contributed by atoms with E-state index >= 15 is 0 Å². The van der Waals surface area contributed by atoms with Crippen molar-refractivity contribution in [1.29, 1.82) is 0 Å². The Kier molecular flexibility index (Phi) is 10.0. The fourth-order valence-electron chi connectivity index (χ4n) is 2.84. The number of carbonyl (C=O) groups is 1. The third kappa shape index (κ3) is 6.98. The molecule has 0 spiro atoms. The van der Waals surface area contributed by atoms with Crippen LogP contribution in [0.1, 0.15) is 47.0 Å². The molecule has 0 heterocycles. The van der Waals surface area contributed by atoms with E-state index in [4.69, 9.17) is 33.2 Å². The fraction of sp³-hybridized carbons (Fsp3) is 0.542. The molecule has 32 heavy (non-hydrogen) atoms. The van der Waals surface area contributed by atoms with Crippen LogP contribution >= 0.6 is 0 Å². The van der Waals surface area contributed by atoms with Crippen molar-refractivity contribution in [3.05, 3.63) is 24.3 Å². The van der Waals surface area contributed by atoms with Crippen molar-refractivity contribution in [3.63, 3.8) is 0 Å². The third-order valence-corrected chi connectivity index (χ3v) is 4.81. The van der Waals surface area contributed by atoms with E-state index in [9.17, 15) is 4.79 Å². The number of benzene rings is 2. The lowest BCUT2D eigenvalue weighted by Crippen LogP contribution is -2.19. The van der Waals surface area contributed by atoms with E-state index in [-0.39, 0.29) is 23.9 Å². The molecule has 178 valence electrons. The van der Waals surface area contributed by atoms with Gasteiger partial charge in [-0.2, -0.15) is 0 Å². The van der Waals surface area contributed by atoms with Gasteiger partial charge in [-0.05, 0) is 50.8 Å². The van der Waals surface area contributed by atoms with Crippen LogP contribution < -0.4 is 18.9 Å². The number of unbranched alkanes of at least 4 members (excludes halogenated alkanes) is 1. The number of hydrogen-bond acceptors (Lipinski definition) is 8. The van der Waals surface area contributed by atoms with Crippen LogP contribution in [0.5, 0.6) is 23.0 Å². The quantitative estimate of drug-likeness (QED) is 0.238. The SMILES string of the molecule is CCCCC(=O)Oc1c(OC(C)OC)c(OC(C)OC)cc2ccc(OC(C)OC)cc12. The Balaban J connectivity index is 2.67. The summed E-state index contributed by atoms with van der Waals surface area (Å²) in [5.74, 6) is 1.05. The Morgan fingerprint density at radius 1 is 0.844 bits per heavy atom. The van der Waals surface area contributed by atoms with Gasteiger partial charge in [-0.25, -0.2) is 0 Å². The number of ether oxygens (including phenoxy) is 7. The second-order valence-corrected chi connectivity index (χ2v) is 7.26. The average molecular weight is 451 g/mol. The molecule has 0 bridgehead atoms. The number of carbonyl (C=O) groups excluding carboxylic acids is 1. The normalized spacial score (nSPS) is 14.0. The van der Waals surface area contributed by atoms with Gasteiger partial charge >= 0.3 is 5.97 Å². The van der Waals surface area contributed by atoms with Crippen molar-refractivity contribution >= 4 is 16.7 Å². The van der Waals surface area contributed by atoms with Crippen molar-refractivity contribution in [1.82, 2.24) is 0 Å². The largest absolute Gasteiger partial charge is 0.465 e. The number of fused-ring (bicyclic) bond motifs is 1. The Morgan fingerprint density at radius 2 is 1.47 bits per heavy atom. The minimum atomic E-state index is -0.617. The second-order valence-electron chi connectivity index (χ2n) is 7.26. The topological polar surface area (TPSA) is 81.7 Å². The van der Waals surface area contributed by atoms with E-state index in [1.54, 1.807) is 40.0 Å². The average Bonchev–Trinajstić information content (AvgIpc) is 2.79. The van der Waals surface area contributed by atoms with Gasteiger partial charge in [0.15, 0.2) is 30.4 Å². The van der Waals surface area contributed by atoms with E-state index in [1.165, 1.54) is 14.2 Å². The maximum Gasteiger partial charge on any atom is 0.311 e. The molecule has 0 aliphatic carbocycles. The van der Waals surface area contributed by atoms with E-state index < -0.39 is 18.9 Å². The molecule has 2 aromatic carbocycles. The molecule has 0 aliphatic rings. The Hall–Kier alpha value is -2.55. The molecular weight excluding hydrogens is 416 g/mol. The van der Waals surface area contributed by atoms with E-state index in [0.717, 1.165) is 18.2 Å². The van der Waals surface area contributed by atoms with Gasteiger partial charge in [0.2, 0.25) is 5.75 Å². The highest BCUT2D eigenvalue weighted by molar-refractivity contribution is 5.96. The van der Waals surface area contributed by atoms with Crippen molar-refractivity contribution in [3.8, 4) is 23.0 Å². The molecule has 0 saturated carbocycles. The summed E-state index contributed by atoms with van der Waals surface area (Å²) in [5.41, 5.74) is 0. The maximum absolute atomic E-state index is 12.6. The summed E-state index contributed by atoms with van der Waals surface area (Å²) in [6, 6.07) is 7.24. The first-order valence-electron chi connectivity index (χ1n) is 10.7. The van der Waals surface area contributed by atoms with Gasteiger partial charge < -0.3 is 33.2 Å². The molecule has 3 atom stereocenters. The molecular formula is C24H34O8. The Bertz CT molecular complexity index is 882. The molecule has 0 radical (unpaired) electrons. The summed E-state index contributed by atoms with van der Waals surface area (Å²) in [5, 5.41) is 1.41. The summed E-state index contributed by atoms with van der Waals surface area (Å²) in [4.78, 5) is 12.6. The maximum atomic E-state index is 12.6. The van der Waals surface area contributed by atoms with Crippen molar-refractivity contribution in [2.45, 2.75) is 65.8 Å². The smallest absolute Gasteiger partial charge is 0.311 e. The highest BCUT2D eigenvalue weighted by Gasteiger charge is 2.24. The summed E-state index contributed by atoms with van der Waals surface area (Å²) in [6.45, 7) is 7.28. The number of esters is 1. The zero-order chi connectivity index (χ0) is 23.7. The summed E-state index contributed by atoms with van der Waals surface area (Å²) in [7, 11) is 4.62. The highest BCUT2D eigenvalue weighted by atomic mass is 16.7. The molecule has 0 N–H and O–H groups in total. The van der Waals surface area contributed by atoms with Gasteiger partial charge in [-0.15, -0.1) is 0 Å². The molecule has 2 aromatic rings. The van der Waals surface area contributed by atoms with Crippen LogP contribution in [-0.4, -0.2) is 46.2 Å². The monoisotopic (exact) mass is 450 g/mol. The minimum absolute atomic E-state index is 0.237. The fourth-order valence-corrected chi connectivity index (χ4v) is 2.84. The predicted molar refractivity (Wildman–Crippen MR) is 120 cm³/mol. The highest BCUT2D eigenvalue weighted by Crippen LogP contribution is 2.46. The first-order chi connectivity index (χ1) is 15.3. The standard InChI is InChI=1S/C24H34O8/c1-8-9-10-22(25)32-23-20-14-19(29-15(2)26-5)12-11-18(20)13-21(30-16(3)27-6)24(23)31-17(4)28-7/h11-17H,8-10H2,1-7H3. The summed E-state index contributed by atoms with van der Waals surface area (Å²) in [6.07, 6.45) is 0.264. The molecule has 2 rings (SSSR count). The van der Waals surface area contributed by atoms with Gasteiger partial charge in [0.25, 0.3) is 0 Å². The van der Waals surface area contributed by atoms with Crippen LogP contribution in [0.2, 0.25) is 0 Å². The van der Waals surface area contributed by atoms with E-state index in [1.807, 2.05) is 19.1 Å². The molecule has 3 unspecified atom stereocenters. The second kappa shape index (κ2) is 12.5. The van der Waals surface area contributed by atoms with E-state index in [2.05, 4.69) is 0 Å². The summed E-state index contributed by atoms with van der Waals surface area (Å²) < 4.78 is 39.2. The first kappa shape index (κ1) is 25.7. The molecule has 0 saturated heterocycles. The van der Waals surface area contributed by atoms with Gasteiger partial charge in [-0.1, -0.05) is 19.4 Å². The van der Waals surface area contributed by atoms with Gasteiger partial charge in [-0.3, -0.25) is 4.79 Å². The lowest BCUT2D eigenvalue weighted by molar-refractivity contribution is -0.134. The van der Waals surface area contributed by atoms with Crippen molar-refractivity contribution in [2.75, 3.05) is 21.3 Å². The number of rotatable bonds is 13.